The molecule has 1 aliphatic rings. The Morgan fingerprint density at radius 2 is 1.82 bits per heavy atom. The smallest absolute Gasteiger partial charge is 0.223 e. The van der Waals surface area contributed by atoms with E-state index in [2.05, 4.69) is 47.5 Å². The van der Waals surface area contributed by atoms with Gasteiger partial charge >= 0.3 is 0 Å². The molecule has 0 atom stereocenters. The van der Waals surface area contributed by atoms with Crippen LogP contribution < -0.4 is 4.90 Å². The Balaban J connectivity index is 1.48. The molecular weight excluding hydrogens is 292 g/mol. The summed E-state index contributed by atoms with van der Waals surface area (Å²) in [6.07, 6.45) is 1.50. The van der Waals surface area contributed by atoms with Crippen LogP contribution in [0.1, 0.15) is 16.9 Å². The second kappa shape index (κ2) is 6.97. The van der Waals surface area contributed by atoms with Crippen LogP contribution in [-0.2, 0) is 11.2 Å². The summed E-state index contributed by atoms with van der Waals surface area (Å²) in [7, 11) is 0. The molecule has 0 aliphatic carbocycles. The molecular formula is C18H22N2OS. The highest BCUT2D eigenvalue weighted by molar-refractivity contribution is 7.09. The van der Waals surface area contributed by atoms with E-state index in [1.807, 2.05) is 11.0 Å². The normalized spacial score (nSPS) is 15.1. The van der Waals surface area contributed by atoms with Crippen molar-refractivity contribution >= 4 is 22.9 Å². The van der Waals surface area contributed by atoms with Gasteiger partial charge in [0.05, 0.1) is 0 Å². The summed E-state index contributed by atoms with van der Waals surface area (Å²) in [5.41, 5.74) is 2.54. The first-order chi connectivity index (χ1) is 10.7. The van der Waals surface area contributed by atoms with Crippen molar-refractivity contribution in [3.05, 3.63) is 52.2 Å². The van der Waals surface area contributed by atoms with E-state index in [9.17, 15) is 4.79 Å². The average Bonchev–Trinajstić information content (AvgIpc) is 3.07. The van der Waals surface area contributed by atoms with Crippen LogP contribution in [0.2, 0.25) is 0 Å². The second-order valence-electron chi connectivity index (χ2n) is 5.78. The van der Waals surface area contributed by atoms with Crippen molar-refractivity contribution < 1.29 is 4.79 Å². The number of hydrogen-bond acceptors (Lipinski definition) is 3. The molecule has 1 aromatic heterocycles. The number of amides is 1. The highest BCUT2D eigenvalue weighted by atomic mass is 32.1. The Morgan fingerprint density at radius 3 is 2.45 bits per heavy atom. The van der Waals surface area contributed by atoms with Gasteiger partial charge in [0.2, 0.25) is 5.91 Å². The van der Waals surface area contributed by atoms with Crippen molar-refractivity contribution in [3.8, 4) is 0 Å². The van der Waals surface area contributed by atoms with E-state index >= 15 is 0 Å². The maximum Gasteiger partial charge on any atom is 0.223 e. The fourth-order valence-corrected chi connectivity index (χ4v) is 3.52. The summed E-state index contributed by atoms with van der Waals surface area (Å²) < 4.78 is 0. The molecule has 22 heavy (non-hydrogen) atoms. The number of nitrogens with zero attached hydrogens (tertiary/aromatic N) is 2. The first kappa shape index (κ1) is 15.1. The van der Waals surface area contributed by atoms with Crippen molar-refractivity contribution in [1.29, 1.82) is 0 Å². The van der Waals surface area contributed by atoms with E-state index in [0.717, 1.165) is 32.6 Å². The minimum absolute atomic E-state index is 0.289. The Labute approximate surface area is 136 Å². The number of thiophene rings is 1. The molecule has 2 aromatic rings. The molecule has 1 amide bonds. The lowest BCUT2D eigenvalue weighted by Gasteiger charge is -2.36. The van der Waals surface area contributed by atoms with Gasteiger partial charge in [0, 0.05) is 43.2 Å². The number of benzene rings is 1. The number of anilines is 1. The molecule has 116 valence electrons. The Kier molecular flexibility index (Phi) is 4.78. The van der Waals surface area contributed by atoms with E-state index in [4.69, 9.17) is 0 Å². The number of rotatable bonds is 4. The van der Waals surface area contributed by atoms with E-state index in [1.54, 1.807) is 11.3 Å². The molecule has 1 aromatic carbocycles. The first-order valence-corrected chi connectivity index (χ1v) is 8.72. The third kappa shape index (κ3) is 3.69. The van der Waals surface area contributed by atoms with Gasteiger partial charge in [-0.05, 0) is 36.9 Å². The van der Waals surface area contributed by atoms with Gasteiger partial charge in [0.1, 0.15) is 0 Å². The molecule has 1 saturated heterocycles. The third-order valence-corrected chi connectivity index (χ3v) is 5.13. The quantitative estimate of drug-likeness (QED) is 0.864. The van der Waals surface area contributed by atoms with Crippen LogP contribution in [0.4, 0.5) is 5.69 Å². The molecule has 0 unspecified atom stereocenters. The number of aryl methyl sites for hydroxylation is 2. The Bertz CT molecular complexity index is 599. The standard InChI is InChI=1S/C18H22N2OS/c1-15-4-6-16(7-5-15)19-10-12-20(13-11-19)18(21)9-8-17-3-2-14-22-17/h2-7,14H,8-13H2,1H3. The van der Waals surface area contributed by atoms with Crippen LogP contribution in [0.25, 0.3) is 0 Å². The van der Waals surface area contributed by atoms with Crippen molar-refractivity contribution in [2.45, 2.75) is 19.8 Å². The lowest BCUT2D eigenvalue weighted by atomic mass is 10.2. The Morgan fingerprint density at radius 1 is 1.09 bits per heavy atom. The SMILES string of the molecule is Cc1ccc(N2CCN(C(=O)CCc3cccs3)CC2)cc1. The van der Waals surface area contributed by atoms with E-state index < -0.39 is 0 Å². The van der Waals surface area contributed by atoms with Crippen LogP contribution in [0, 0.1) is 6.92 Å². The maximum absolute atomic E-state index is 12.3. The van der Waals surface area contributed by atoms with Crippen LogP contribution in [0.15, 0.2) is 41.8 Å². The predicted molar refractivity (Wildman–Crippen MR) is 92.6 cm³/mol. The van der Waals surface area contributed by atoms with Gasteiger partial charge in [-0.2, -0.15) is 0 Å². The van der Waals surface area contributed by atoms with Crippen molar-refractivity contribution in [2.24, 2.45) is 0 Å². The van der Waals surface area contributed by atoms with Gasteiger partial charge in [0.15, 0.2) is 0 Å². The van der Waals surface area contributed by atoms with Crippen LogP contribution in [-0.4, -0.2) is 37.0 Å². The number of carbonyl (C=O) groups is 1. The minimum Gasteiger partial charge on any atom is -0.368 e. The lowest BCUT2D eigenvalue weighted by molar-refractivity contribution is -0.131. The van der Waals surface area contributed by atoms with Gasteiger partial charge in [0.25, 0.3) is 0 Å². The minimum atomic E-state index is 0.289. The molecule has 2 heterocycles. The zero-order valence-electron chi connectivity index (χ0n) is 13.0. The van der Waals surface area contributed by atoms with Gasteiger partial charge in [-0.25, -0.2) is 0 Å². The second-order valence-corrected chi connectivity index (χ2v) is 6.81. The zero-order valence-corrected chi connectivity index (χ0v) is 13.8. The Hall–Kier alpha value is -1.81. The number of carbonyl (C=O) groups excluding carboxylic acids is 1. The summed E-state index contributed by atoms with van der Waals surface area (Å²) >= 11 is 1.73. The lowest BCUT2D eigenvalue weighted by Crippen LogP contribution is -2.48. The predicted octanol–water partition coefficient (Wildman–Crippen LogP) is 3.34. The maximum atomic E-state index is 12.3. The molecule has 0 radical (unpaired) electrons. The van der Waals surface area contributed by atoms with Crippen molar-refractivity contribution in [2.75, 3.05) is 31.1 Å². The monoisotopic (exact) mass is 314 g/mol. The average molecular weight is 314 g/mol. The zero-order chi connectivity index (χ0) is 15.4. The van der Waals surface area contributed by atoms with E-state index in [0.29, 0.717) is 6.42 Å². The highest BCUT2D eigenvalue weighted by Crippen LogP contribution is 2.18. The van der Waals surface area contributed by atoms with Gasteiger partial charge in [-0.15, -0.1) is 11.3 Å². The molecule has 0 saturated carbocycles. The molecule has 1 fully saturated rings. The molecule has 4 heteroatoms. The van der Waals surface area contributed by atoms with Crippen LogP contribution in [0.5, 0.6) is 0 Å². The largest absolute Gasteiger partial charge is 0.368 e. The summed E-state index contributed by atoms with van der Waals surface area (Å²) in [4.78, 5) is 18.0. The summed E-state index contributed by atoms with van der Waals surface area (Å²) in [6, 6.07) is 12.8. The fourth-order valence-electron chi connectivity index (χ4n) is 2.81. The first-order valence-electron chi connectivity index (χ1n) is 7.84. The molecule has 1 aliphatic heterocycles. The highest BCUT2D eigenvalue weighted by Gasteiger charge is 2.20. The van der Waals surface area contributed by atoms with Crippen LogP contribution >= 0.6 is 11.3 Å². The van der Waals surface area contributed by atoms with Gasteiger partial charge in [-0.1, -0.05) is 23.8 Å². The molecule has 0 spiro atoms. The number of hydrogen-bond donors (Lipinski definition) is 0. The van der Waals surface area contributed by atoms with Gasteiger partial charge < -0.3 is 9.80 Å². The molecule has 3 nitrogen and oxygen atoms in total. The third-order valence-electron chi connectivity index (χ3n) is 4.20. The van der Waals surface area contributed by atoms with Crippen LogP contribution in [0.3, 0.4) is 0 Å². The molecule has 0 bridgehead atoms. The summed E-state index contributed by atoms with van der Waals surface area (Å²) in [5.74, 6) is 0.289. The van der Waals surface area contributed by atoms with E-state index in [1.165, 1.54) is 16.1 Å². The van der Waals surface area contributed by atoms with Crippen molar-refractivity contribution in [3.63, 3.8) is 0 Å². The van der Waals surface area contributed by atoms with E-state index in [-0.39, 0.29) is 5.91 Å². The van der Waals surface area contributed by atoms with Gasteiger partial charge in [-0.3, -0.25) is 4.79 Å². The molecule has 3 rings (SSSR count). The van der Waals surface area contributed by atoms with Crippen molar-refractivity contribution in [1.82, 2.24) is 4.90 Å². The summed E-state index contributed by atoms with van der Waals surface area (Å²) in [6.45, 7) is 5.61. The summed E-state index contributed by atoms with van der Waals surface area (Å²) in [5, 5.41) is 2.07. The number of piperazine rings is 1. The topological polar surface area (TPSA) is 23.6 Å². The fraction of sp³-hybridized carbons (Fsp3) is 0.389. The molecule has 0 N–H and O–H groups in total.